The molecule has 0 unspecified atom stereocenters. The molecule has 0 atom stereocenters. The second kappa shape index (κ2) is 2.17. The summed E-state index contributed by atoms with van der Waals surface area (Å²) in [6.45, 7) is 0. The first-order valence-electron chi connectivity index (χ1n) is 2.82. The molecule has 1 aliphatic carbocycles. The quantitative estimate of drug-likeness (QED) is 0.331. The van der Waals surface area contributed by atoms with Gasteiger partial charge in [-0.3, -0.25) is 4.79 Å². The summed E-state index contributed by atoms with van der Waals surface area (Å²) in [5.41, 5.74) is -0.895. The number of carboxylic acid groups (broad SMARTS) is 1. The molecule has 0 aromatic rings. The first-order valence-corrected chi connectivity index (χ1v) is 2.82. The molecule has 0 radical (unpaired) electrons. The average molecular weight is 145 g/mol. The molecular formula is C5H7NO4. The van der Waals surface area contributed by atoms with Crippen LogP contribution in [-0.4, -0.2) is 23.4 Å². The van der Waals surface area contributed by atoms with Gasteiger partial charge in [-0.2, -0.15) is 0 Å². The minimum absolute atomic E-state index is 0.440. The zero-order valence-electron chi connectivity index (χ0n) is 5.16. The second-order valence-corrected chi connectivity index (χ2v) is 2.12. The number of nitrogens with one attached hydrogen (secondary N) is 1. The van der Waals surface area contributed by atoms with Gasteiger partial charge in [-0.15, -0.1) is 0 Å². The van der Waals surface area contributed by atoms with Crippen molar-refractivity contribution in [2.24, 2.45) is 0 Å². The smallest absolute Gasteiger partial charge is 0.450 e. The number of rotatable bonds is 3. The SMILES string of the molecule is O=CNC1(OC(=O)O)CC1. The van der Waals surface area contributed by atoms with Crippen LogP contribution >= 0.6 is 0 Å². The second-order valence-electron chi connectivity index (χ2n) is 2.12. The van der Waals surface area contributed by atoms with Gasteiger partial charge in [0.25, 0.3) is 0 Å². The Morgan fingerprint density at radius 3 is 2.60 bits per heavy atom. The monoisotopic (exact) mass is 145 g/mol. The average Bonchev–Trinajstić information content (AvgIpc) is 2.47. The van der Waals surface area contributed by atoms with Crippen molar-refractivity contribution in [3.63, 3.8) is 0 Å². The molecule has 1 saturated carbocycles. The highest BCUT2D eigenvalue weighted by atomic mass is 16.7. The van der Waals surface area contributed by atoms with E-state index in [2.05, 4.69) is 10.1 Å². The van der Waals surface area contributed by atoms with E-state index in [9.17, 15) is 9.59 Å². The summed E-state index contributed by atoms with van der Waals surface area (Å²) in [4.78, 5) is 19.8. The summed E-state index contributed by atoms with van der Waals surface area (Å²) in [5.74, 6) is 0. The van der Waals surface area contributed by atoms with Crippen molar-refractivity contribution >= 4 is 12.6 Å². The van der Waals surface area contributed by atoms with Gasteiger partial charge < -0.3 is 15.2 Å². The fraction of sp³-hybridized carbons (Fsp3) is 0.600. The van der Waals surface area contributed by atoms with E-state index in [1.807, 2.05) is 0 Å². The first kappa shape index (κ1) is 6.85. The van der Waals surface area contributed by atoms with Crippen LogP contribution < -0.4 is 5.32 Å². The number of hydrogen-bond donors (Lipinski definition) is 2. The predicted molar refractivity (Wildman–Crippen MR) is 30.3 cm³/mol. The Morgan fingerprint density at radius 2 is 2.30 bits per heavy atom. The lowest BCUT2D eigenvalue weighted by molar-refractivity contribution is -0.113. The maximum absolute atomic E-state index is 9.95. The molecule has 10 heavy (non-hydrogen) atoms. The predicted octanol–water partition coefficient (Wildman–Crippen LogP) is -0.0829. The van der Waals surface area contributed by atoms with Crippen LogP contribution in [0.3, 0.4) is 0 Å². The molecule has 2 N–H and O–H groups in total. The van der Waals surface area contributed by atoms with Crippen LogP contribution in [0.2, 0.25) is 0 Å². The maximum atomic E-state index is 9.95. The molecule has 5 heteroatoms. The first-order chi connectivity index (χ1) is 4.68. The highest BCUT2D eigenvalue weighted by molar-refractivity contribution is 5.59. The van der Waals surface area contributed by atoms with Crippen molar-refractivity contribution in [2.75, 3.05) is 0 Å². The third-order valence-electron chi connectivity index (χ3n) is 1.31. The number of carbonyl (C=O) groups is 2. The molecule has 56 valence electrons. The standard InChI is InChI=1S/C5H7NO4/c7-3-6-5(1-2-5)10-4(8)9/h3H,1-2H2,(H,6,7)(H,8,9). The molecule has 0 saturated heterocycles. The Morgan fingerprint density at radius 1 is 1.70 bits per heavy atom. The Balaban J connectivity index is 2.37. The molecule has 0 aliphatic heterocycles. The van der Waals surface area contributed by atoms with Crippen LogP contribution in [0.25, 0.3) is 0 Å². The van der Waals surface area contributed by atoms with Gasteiger partial charge in [0.15, 0.2) is 5.72 Å². The minimum atomic E-state index is -1.35. The van der Waals surface area contributed by atoms with Gasteiger partial charge in [-0.05, 0) is 0 Å². The normalized spacial score (nSPS) is 19.2. The summed E-state index contributed by atoms with van der Waals surface area (Å²) in [6.07, 6.45) is 0.221. The summed E-state index contributed by atoms with van der Waals surface area (Å²) >= 11 is 0. The van der Waals surface area contributed by atoms with Gasteiger partial charge >= 0.3 is 6.16 Å². The molecule has 0 heterocycles. The van der Waals surface area contributed by atoms with E-state index in [1.54, 1.807) is 0 Å². The number of carbonyl (C=O) groups excluding carboxylic acids is 1. The Labute approximate surface area is 57.0 Å². The van der Waals surface area contributed by atoms with E-state index in [4.69, 9.17) is 5.11 Å². The highest BCUT2D eigenvalue weighted by Crippen LogP contribution is 2.35. The van der Waals surface area contributed by atoms with Crippen molar-refractivity contribution in [2.45, 2.75) is 18.6 Å². The van der Waals surface area contributed by atoms with Gasteiger partial charge in [-0.1, -0.05) is 0 Å². The molecule has 1 aliphatic rings. The van der Waals surface area contributed by atoms with Crippen LogP contribution in [0.15, 0.2) is 0 Å². The number of ether oxygens (including phenoxy) is 1. The van der Waals surface area contributed by atoms with E-state index < -0.39 is 11.9 Å². The van der Waals surface area contributed by atoms with Crippen molar-refractivity contribution in [1.82, 2.24) is 5.32 Å². The van der Waals surface area contributed by atoms with E-state index in [0.717, 1.165) is 0 Å². The maximum Gasteiger partial charge on any atom is 0.507 e. The summed E-state index contributed by atoms with van der Waals surface area (Å²) in [7, 11) is 0. The van der Waals surface area contributed by atoms with Gasteiger partial charge in [0, 0.05) is 12.8 Å². The minimum Gasteiger partial charge on any atom is -0.450 e. The summed E-state index contributed by atoms with van der Waals surface area (Å²) < 4.78 is 4.36. The van der Waals surface area contributed by atoms with Gasteiger partial charge in [0.2, 0.25) is 6.41 Å². The molecule has 1 fully saturated rings. The third kappa shape index (κ3) is 1.37. The van der Waals surface area contributed by atoms with Crippen LogP contribution in [-0.2, 0) is 9.53 Å². The lowest BCUT2D eigenvalue weighted by atomic mass is 10.6. The zero-order valence-corrected chi connectivity index (χ0v) is 5.16. The van der Waals surface area contributed by atoms with Gasteiger partial charge in [0.1, 0.15) is 0 Å². The molecular weight excluding hydrogens is 138 g/mol. The topological polar surface area (TPSA) is 75.6 Å². The Hall–Kier alpha value is -1.26. The van der Waals surface area contributed by atoms with Crippen molar-refractivity contribution in [3.05, 3.63) is 0 Å². The zero-order chi connectivity index (χ0) is 7.61. The number of hydrogen-bond acceptors (Lipinski definition) is 3. The molecule has 0 spiro atoms. The molecule has 1 amide bonds. The Bertz CT molecular complexity index is 163. The molecule has 0 bridgehead atoms. The van der Waals surface area contributed by atoms with E-state index in [1.165, 1.54) is 0 Å². The van der Waals surface area contributed by atoms with Crippen LogP contribution in [0.1, 0.15) is 12.8 Å². The van der Waals surface area contributed by atoms with E-state index in [-0.39, 0.29) is 0 Å². The van der Waals surface area contributed by atoms with Crippen molar-refractivity contribution in [1.29, 1.82) is 0 Å². The van der Waals surface area contributed by atoms with Crippen LogP contribution in [0.5, 0.6) is 0 Å². The lowest BCUT2D eigenvalue weighted by Gasteiger charge is -2.11. The molecule has 5 nitrogen and oxygen atoms in total. The van der Waals surface area contributed by atoms with Crippen LogP contribution in [0.4, 0.5) is 4.79 Å². The fourth-order valence-electron chi connectivity index (χ4n) is 0.664. The van der Waals surface area contributed by atoms with Crippen LogP contribution in [0, 0.1) is 0 Å². The van der Waals surface area contributed by atoms with E-state index >= 15 is 0 Å². The Kier molecular flexibility index (Phi) is 1.48. The summed E-state index contributed by atoms with van der Waals surface area (Å²) in [6, 6.07) is 0. The number of amides is 1. The highest BCUT2D eigenvalue weighted by Gasteiger charge is 2.47. The van der Waals surface area contributed by atoms with Crippen molar-refractivity contribution in [3.8, 4) is 0 Å². The molecule has 0 aromatic heterocycles. The van der Waals surface area contributed by atoms with Gasteiger partial charge in [0.05, 0.1) is 0 Å². The molecule has 1 rings (SSSR count). The van der Waals surface area contributed by atoms with E-state index in [0.29, 0.717) is 19.3 Å². The fourth-order valence-corrected chi connectivity index (χ4v) is 0.664. The van der Waals surface area contributed by atoms with Crippen molar-refractivity contribution < 1.29 is 19.4 Å². The lowest BCUT2D eigenvalue weighted by Crippen LogP contribution is -2.34. The van der Waals surface area contributed by atoms with Gasteiger partial charge in [-0.25, -0.2) is 4.79 Å². The largest absolute Gasteiger partial charge is 0.507 e. The molecule has 0 aromatic carbocycles. The summed E-state index contributed by atoms with van der Waals surface area (Å²) in [5, 5.41) is 10.4. The third-order valence-corrected chi connectivity index (χ3v) is 1.31.